The summed E-state index contributed by atoms with van der Waals surface area (Å²) >= 11 is 3.55. The average Bonchev–Trinajstić information content (AvgIpc) is 2.79. The van der Waals surface area contributed by atoms with Crippen LogP contribution in [0.25, 0.3) is 0 Å². The van der Waals surface area contributed by atoms with Crippen LogP contribution in [-0.4, -0.2) is 25.7 Å². The highest BCUT2D eigenvalue weighted by atomic mass is 79.9. The molecule has 174 valence electrons. The van der Waals surface area contributed by atoms with Gasteiger partial charge in [-0.25, -0.2) is 4.39 Å². The molecule has 3 aromatic carbocycles. The van der Waals surface area contributed by atoms with Crippen LogP contribution in [0.1, 0.15) is 23.6 Å². The summed E-state index contributed by atoms with van der Waals surface area (Å²) in [6.45, 7) is 5.61. The molecule has 0 spiro atoms. The lowest BCUT2D eigenvalue weighted by Crippen LogP contribution is -2.20. The molecular weight excluding hydrogens is 487 g/mol. The summed E-state index contributed by atoms with van der Waals surface area (Å²) in [5.41, 5.74) is 3.94. The van der Waals surface area contributed by atoms with Crippen molar-refractivity contribution in [2.45, 2.75) is 26.8 Å². The molecule has 0 fully saturated rings. The van der Waals surface area contributed by atoms with Gasteiger partial charge in [-0.2, -0.15) is 0 Å². The number of carbonyl (C=O) groups excluding carboxylic acids is 1. The standard InChI is InChI=1S/C26H28BrFN2O3/c1-3-32-24-15-20(16-29-13-12-19-6-8-21(28)9-7-19)14-23(27)26(24)33-17-25(31)30-22-10-4-18(2)5-11-22/h4-11,14-15,29H,3,12-13,16-17H2,1-2H3,(H,30,31). The molecule has 0 unspecified atom stereocenters. The molecule has 0 saturated heterocycles. The fourth-order valence-corrected chi connectivity index (χ4v) is 3.82. The Morgan fingerprint density at radius 2 is 1.73 bits per heavy atom. The van der Waals surface area contributed by atoms with Gasteiger partial charge < -0.3 is 20.1 Å². The first-order chi connectivity index (χ1) is 15.9. The maximum absolute atomic E-state index is 13.0. The predicted molar refractivity (Wildman–Crippen MR) is 132 cm³/mol. The molecule has 1 amide bonds. The van der Waals surface area contributed by atoms with E-state index in [4.69, 9.17) is 9.47 Å². The summed E-state index contributed by atoms with van der Waals surface area (Å²) < 4.78 is 25.3. The molecular formula is C26H28BrFN2O3. The maximum atomic E-state index is 13.0. The lowest BCUT2D eigenvalue weighted by atomic mass is 10.1. The molecule has 0 atom stereocenters. The van der Waals surface area contributed by atoms with Crippen molar-refractivity contribution in [1.82, 2.24) is 5.32 Å². The fraction of sp³-hybridized carbons (Fsp3) is 0.269. The number of halogens is 2. The first-order valence-corrected chi connectivity index (χ1v) is 11.6. The van der Waals surface area contributed by atoms with Crippen molar-refractivity contribution in [3.05, 3.63) is 87.6 Å². The molecule has 2 N–H and O–H groups in total. The Kier molecular flexibility index (Phi) is 9.27. The number of amides is 1. The largest absolute Gasteiger partial charge is 0.490 e. The normalized spacial score (nSPS) is 10.7. The topological polar surface area (TPSA) is 59.6 Å². The predicted octanol–water partition coefficient (Wildman–Crippen LogP) is 5.65. The van der Waals surface area contributed by atoms with E-state index in [0.29, 0.717) is 29.1 Å². The fourth-order valence-electron chi connectivity index (χ4n) is 3.21. The number of benzene rings is 3. The van der Waals surface area contributed by atoms with Gasteiger partial charge in [-0.15, -0.1) is 0 Å². The molecule has 0 bridgehead atoms. The molecule has 3 rings (SSSR count). The minimum atomic E-state index is -0.250. The zero-order chi connectivity index (χ0) is 23.6. The van der Waals surface area contributed by atoms with Crippen molar-refractivity contribution in [2.75, 3.05) is 25.1 Å². The SMILES string of the molecule is CCOc1cc(CNCCc2ccc(F)cc2)cc(Br)c1OCC(=O)Nc1ccc(C)cc1. The van der Waals surface area contributed by atoms with E-state index in [2.05, 4.69) is 26.6 Å². The summed E-state index contributed by atoms with van der Waals surface area (Å²) in [6.07, 6.45) is 0.803. The molecule has 5 nitrogen and oxygen atoms in total. The number of ether oxygens (including phenoxy) is 2. The highest BCUT2D eigenvalue weighted by Gasteiger charge is 2.14. The quantitative estimate of drug-likeness (QED) is 0.325. The molecule has 3 aromatic rings. The van der Waals surface area contributed by atoms with Crippen LogP contribution in [0, 0.1) is 12.7 Å². The number of hydrogen-bond donors (Lipinski definition) is 2. The highest BCUT2D eigenvalue weighted by Crippen LogP contribution is 2.37. The molecule has 0 radical (unpaired) electrons. The van der Waals surface area contributed by atoms with E-state index in [1.807, 2.05) is 50.2 Å². The van der Waals surface area contributed by atoms with Crippen molar-refractivity contribution in [2.24, 2.45) is 0 Å². The van der Waals surface area contributed by atoms with Gasteiger partial charge in [0.2, 0.25) is 0 Å². The third kappa shape index (κ3) is 7.87. The number of aryl methyl sites for hydroxylation is 1. The number of rotatable bonds is 11. The molecule has 0 aromatic heterocycles. The first-order valence-electron chi connectivity index (χ1n) is 10.8. The maximum Gasteiger partial charge on any atom is 0.262 e. The van der Waals surface area contributed by atoms with Gasteiger partial charge in [0, 0.05) is 12.2 Å². The molecule has 0 aliphatic carbocycles. The van der Waals surface area contributed by atoms with E-state index >= 15 is 0 Å². The van der Waals surface area contributed by atoms with Crippen molar-refractivity contribution in [3.63, 3.8) is 0 Å². The lowest BCUT2D eigenvalue weighted by Gasteiger charge is -2.16. The Hall–Kier alpha value is -2.90. The summed E-state index contributed by atoms with van der Waals surface area (Å²) in [5, 5.41) is 6.21. The Bertz CT molecular complexity index is 1060. The van der Waals surface area contributed by atoms with E-state index in [1.54, 1.807) is 12.1 Å². The van der Waals surface area contributed by atoms with E-state index in [9.17, 15) is 9.18 Å². The van der Waals surface area contributed by atoms with Gasteiger partial charge in [0.1, 0.15) is 5.82 Å². The van der Waals surface area contributed by atoms with Crippen LogP contribution < -0.4 is 20.1 Å². The molecule has 0 heterocycles. The van der Waals surface area contributed by atoms with Crippen LogP contribution in [0.5, 0.6) is 11.5 Å². The smallest absolute Gasteiger partial charge is 0.262 e. The minimum absolute atomic E-state index is 0.137. The van der Waals surface area contributed by atoms with Gasteiger partial charge in [-0.05, 0) is 90.3 Å². The molecule has 0 aliphatic heterocycles. The van der Waals surface area contributed by atoms with Gasteiger partial charge in [-0.3, -0.25) is 4.79 Å². The summed E-state index contributed by atoms with van der Waals surface area (Å²) in [5.74, 6) is 0.589. The van der Waals surface area contributed by atoms with E-state index in [-0.39, 0.29) is 18.3 Å². The Labute approximate surface area is 202 Å². The van der Waals surface area contributed by atoms with Crippen molar-refractivity contribution in [1.29, 1.82) is 0 Å². The number of carbonyl (C=O) groups is 1. The first kappa shape index (κ1) is 24.7. The summed E-state index contributed by atoms with van der Waals surface area (Å²) in [7, 11) is 0. The van der Waals surface area contributed by atoms with Crippen LogP contribution in [0.3, 0.4) is 0 Å². The van der Waals surface area contributed by atoms with Gasteiger partial charge in [0.15, 0.2) is 18.1 Å². The molecule has 0 aliphatic rings. The highest BCUT2D eigenvalue weighted by molar-refractivity contribution is 9.10. The van der Waals surface area contributed by atoms with Gasteiger partial charge in [0.25, 0.3) is 5.91 Å². The summed E-state index contributed by atoms with van der Waals surface area (Å²) in [6, 6.07) is 18.0. The Balaban J connectivity index is 1.56. The van der Waals surface area contributed by atoms with E-state index in [0.717, 1.165) is 35.3 Å². The molecule has 7 heteroatoms. The minimum Gasteiger partial charge on any atom is -0.490 e. The van der Waals surface area contributed by atoms with E-state index < -0.39 is 0 Å². The van der Waals surface area contributed by atoms with Gasteiger partial charge >= 0.3 is 0 Å². The van der Waals surface area contributed by atoms with Gasteiger partial charge in [0.05, 0.1) is 11.1 Å². The van der Waals surface area contributed by atoms with Crippen molar-refractivity contribution >= 4 is 27.5 Å². The number of nitrogens with one attached hydrogen (secondary N) is 2. The third-order valence-corrected chi connectivity index (χ3v) is 5.47. The van der Waals surface area contributed by atoms with Crippen LogP contribution in [-0.2, 0) is 17.8 Å². The Morgan fingerprint density at radius 3 is 2.42 bits per heavy atom. The van der Waals surface area contributed by atoms with Crippen molar-refractivity contribution in [3.8, 4) is 11.5 Å². The summed E-state index contributed by atoms with van der Waals surface area (Å²) in [4.78, 5) is 12.3. The monoisotopic (exact) mass is 514 g/mol. The van der Waals surface area contributed by atoms with E-state index in [1.165, 1.54) is 12.1 Å². The second-order valence-electron chi connectivity index (χ2n) is 7.59. The van der Waals surface area contributed by atoms with Gasteiger partial charge in [-0.1, -0.05) is 29.8 Å². The second kappa shape index (κ2) is 12.4. The second-order valence-corrected chi connectivity index (χ2v) is 8.45. The zero-order valence-electron chi connectivity index (χ0n) is 18.8. The van der Waals surface area contributed by atoms with Crippen LogP contribution >= 0.6 is 15.9 Å². The number of hydrogen-bond acceptors (Lipinski definition) is 4. The average molecular weight is 515 g/mol. The molecule has 0 saturated carbocycles. The zero-order valence-corrected chi connectivity index (χ0v) is 20.4. The van der Waals surface area contributed by atoms with Crippen molar-refractivity contribution < 1.29 is 18.7 Å². The van der Waals surface area contributed by atoms with Crippen LogP contribution in [0.4, 0.5) is 10.1 Å². The Morgan fingerprint density at radius 1 is 1.00 bits per heavy atom. The molecule has 33 heavy (non-hydrogen) atoms. The van der Waals surface area contributed by atoms with Crippen LogP contribution in [0.15, 0.2) is 65.1 Å². The van der Waals surface area contributed by atoms with Crippen LogP contribution in [0.2, 0.25) is 0 Å². The lowest BCUT2D eigenvalue weighted by molar-refractivity contribution is -0.118. The third-order valence-electron chi connectivity index (χ3n) is 4.88. The number of anilines is 1.